The van der Waals surface area contributed by atoms with Gasteiger partial charge in [0.1, 0.15) is 30.2 Å². The van der Waals surface area contributed by atoms with E-state index < -0.39 is 36.3 Å². The van der Waals surface area contributed by atoms with Crippen LogP contribution in [0, 0.1) is 0 Å². The van der Waals surface area contributed by atoms with Crippen LogP contribution in [0.5, 0.6) is 0 Å². The molecule has 1 aromatic rings. The van der Waals surface area contributed by atoms with Crippen LogP contribution in [-0.4, -0.2) is 61.2 Å². The molecule has 0 aliphatic heterocycles. The van der Waals surface area contributed by atoms with Gasteiger partial charge in [-0.1, -0.05) is 37.3 Å². The van der Waals surface area contributed by atoms with Gasteiger partial charge in [-0.2, -0.15) is 0 Å². The highest BCUT2D eigenvalue weighted by atomic mass is 16.4. The molecule has 6 N–H and O–H groups in total. The Morgan fingerprint density at radius 3 is 2.08 bits per heavy atom. The summed E-state index contributed by atoms with van der Waals surface area (Å²) < 4.78 is 0. The lowest BCUT2D eigenvalue weighted by Crippen LogP contribution is -2.49. The largest absolute Gasteiger partial charge is 0.509 e. The summed E-state index contributed by atoms with van der Waals surface area (Å²) in [6.45, 7) is 5.41. The van der Waals surface area contributed by atoms with Crippen molar-refractivity contribution in [1.82, 2.24) is 0 Å². The third-order valence-corrected chi connectivity index (χ3v) is 3.83. The second kappa shape index (κ2) is 9.56. The molecule has 0 saturated heterocycles. The van der Waals surface area contributed by atoms with E-state index in [0.29, 0.717) is 5.56 Å². The van der Waals surface area contributed by atoms with Gasteiger partial charge in [0, 0.05) is 0 Å². The Morgan fingerprint density at radius 1 is 1.00 bits per heavy atom. The predicted molar refractivity (Wildman–Crippen MR) is 91.3 cm³/mol. The first-order chi connectivity index (χ1) is 11.3. The molecule has 0 heterocycles. The van der Waals surface area contributed by atoms with Crippen molar-refractivity contribution in [2.24, 2.45) is 0 Å². The summed E-state index contributed by atoms with van der Waals surface area (Å²) in [7, 11) is 0. The lowest BCUT2D eigenvalue weighted by molar-refractivity contribution is -0.131. The van der Waals surface area contributed by atoms with Gasteiger partial charge in [0.2, 0.25) is 0 Å². The molecule has 6 heteroatoms. The molecule has 0 radical (unpaired) electrons. The molecule has 1 rings (SSSR count). The van der Waals surface area contributed by atoms with Crippen molar-refractivity contribution < 1.29 is 30.6 Å². The highest BCUT2D eigenvalue weighted by Gasteiger charge is 2.35. The van der Waals surface area contributed by atoms with Crippen LogP contribution in [0.2, 0.25) is 0 Å². The van der Waals surface area contributed by atoms with Gasteiger partial charge in [0.25, 0.3) is 0 Å². The molecule has 0 fully saturated rings. The molecule has 0 bridgehead atoms. The molecule has 6 nitrogen and oxygen atoms in total. The molecule has 134 valence electrons. The maximum Gasteiger partial charge on any atom is 0.139 e. The monoisotopic (exact) mass is 338 g/mol. The topological polar surface area (TPSA) is 121 Å². The van der Waals surface area contributed by atoms with Crippen LogP contribution in [0.4, 0.5) is 0 Å². The number of aliphatic hydroxyl groups is 6. The van der Waals surface area contributed by atoms with Gasteiger partial charge in [-0.15, -0.1) is 6.58 Å². The van der Waals surface area contributed by atoms with E-state index in [0.717, 1.165) is 12.0 Å². The molecule has 1 unspecified atom stereocenters. The normalized spacial score (nSPS) is 18.5. The number of aryl methyl sites for hydroxylation is 1. The van der Waals surface area contributed by atoms with E-state index in [4.69, 9.17) is 0 Å². The van der Waals surface area contributed by atoms with Gasteiger partial charge >= 0.3 is 0 Å². The van der Waals surface area contributed by atoms with Crippen molar-refractivity contribution in [1.29, 1.82) is 0 Å². The van der Waals surface area contributed by atoms with Crippen molar-refractivity contribution in [2.45, 2.75) is 50.3 Å². The van der Waals surface area contributed by atoms with Crippen molar-refractivity contribution in [2.75, 3.05) is 0 Å². The first kappa shape index (κ1) is 20.3. The molecule has 1 aromatic carbocycles. The van der Waals surface area contributed by atoms with E-state index in [1.165, 1.54) is 12.2 Å². The van der Waals surface area contributed by atoms with Crippen molar-refractivity contribution >= 4 is 6.08 Å². The fraction of sp³-hybridized carbons (Fsp3) is 0.444. The Morgan fingerprint density at radius 2 is 1.58 bits per heavy atom. The first-order valence-electron chi connectivity index (χ1n) is 7.82. The molecule has 24 heavy (non-hydrogen) atoms. The zero-order chi connectivity index (χ0) is 18.3. The zero-order valence-electron chi connectivity index (χ0n) is 13.7. The maximum absolute atomic E-state index is 9.94. The first-order valence-corrected chi connectivity index (χ1v) is 7.82. The standard InChI is InChI=1S/C18H26O6/c1-3-5-13(19)15(21)17(23)18(24)16(22)14(20)10-12-8-6-11(4-2)7-9-12/h3,6-10,13,15-24H,1,4-5H2,2H3/t13?,15-,16+,17+,18+/m0/s1. The number of aliphatic hydroxyl groups excluding tert-OH is 6. The van der Waals surface area contributed by atoms with Gasteiger partial charge in [-0.25, -0.2) is 0 Å². The third kappa shape index (κ3) is 5.43. The van der Waals surface area contributed by atoms with Crippen LogP contribution < -0.4 is 0 Å². The smallest absolute Gasteiger partial charge is 0.139 e. The second-order valence-electron chi connectivity index (χ2n) is 5.67. The molecular formula is C18H26O6. The molecule has 0 aliphatic carbocycles. The van der Waals surface area contributed by atoms with Crippen LogP contribution in [0.25, 0.3) is 6.08 Å². The lowest BCUT2D eigenvalue weighted by Gasteiger charge is -2.28. The Kier molecular flexibility index (Phi) is 8.10. The second-order valence-corrected chi connectivity index (χ2v) is 5.67. The van der Waals surface area contributed by atoms with Crippen LogP contribution in [0.1, 0.15) is 24.5 Å². The summed E-state index contributed by atoms with van der Waals surface area (Å²) >= 11 is 0. The average Bonchev–Trinajstić information content (AvgIpc) is 2.59. The van der Waals surface area contributed by atoms with Crippen molar-refractivity contribution in [3.63, 3.8) is 0 Å². The molecular weight excluding hydrogens is 312 g/mol. The predicted octanol–water partition coefficient (Wildman–Crippen LogP) is 0.528. The summed E-state index contributed by atoms with van der Waals surface area (Å²) in [6, 6.07) is 7.22. The van der Waals surface area contributed by atoms with Gasteiger partial charge in [-0.3, -0.25) is 0 Å². The quantitative estimate of drug-likeness (QED) is 0.288. The average molecular weight is 338 g/mol. The molecule has 0 spiro atoms. The highest BCUT2D eigenvalue weighted by molar-refractivity contribution is 5.52. The zero-order valence-corrected chi connectivity index (χ0v) is 13.7. The minimum atomic E-state index is -1.87. The van der Waals surface area contributed by atoms with Crippen LogP contribution in [-0.2, 0) is 6.42 Å². The number of hydrogen-bond acceptors (Lipinski definition) is 6. The Bertz CT molecular complexity index is 539. The molecule has 5 atom stereocenters. The molecule has 0 amide bonds. The van der Waals surface area contributed by atoms with E-state index in [9.17, 15) is 30.6 Å². The summed E-state index contributed by atoms with van der Waals surface area (Å²) in [5.74, 6) is -0.559. The number of rotatable bonds is 9. The van der Waals surface area contributed by atoms with E-state index in [1.54, 1.807) is 12.1 Å². The Hall–Kier alpha value is -1.70. The minimum Gasteiger partial charge on any atom is -0.509 e. The summed E-state index contributed by atoms with van der Waals surface area (Å²) in [5.41, 5.74) is 1.72. The van der Waals surface area contributed by atoms with Crippen LogP contribution >= 0.6 is 0 Å². The van der Waals surface area contributed by atoms with E-state index in [1.807, 2.05) is 19.1 Å². The van der Waals surface area contributed by atoms with Gasteiger partial charge in [0.15, 0.2) is 0 Å². The van der Waals surface area contributed by atoms with Crippen molar-refractivity contribution in [3.05, 3.63) is 53.8 Å². The SMILES string of the molecule is C=CCC(O)[C@H](O)[C@@H](O)[C@H](O)[C@H](O)C(O)=Cc1ccc(CC)cc1. The highest BCUT2D eigenvalue weighted by Crippen LogP contribution is 2.17. The Balaban J connectivity index is 2.79. The maximum atomic E-state index is 9.94. The Labute approximate surface area is 141 Å². The molecule has 0 aliphatic rings. The van der Waals surface area contributed by atoms with E-state index in [2.05, 4.69) is 6.58 Å². The fourth-order valence-electron chi connectivity index (χ4n) is 2.21. The van der Waals surface area contributed by atoms with Crippen molar-refractivity contribution in [3.8, 4) is 0 Å². The summed E-state index contributed by atoms with van der Waals surface area (Å²) in [5, 5.41) is 58.9. The van der Waals surface area contributed by atoms with Crippen LogP contribution in [0.3, 0.4) is 0 Å². The van der Waals surface area contributed by atoms with E-state index >= 15 is 0 Å². The van der Waals surface area contributed by atoms with Gasteiger partial charge in [0.05, 0.1) is 6.10 Å². The van der Waals surface area contributed by atoms with Crippen LogP contribution in [0.15, 0.2) is 42.7 Å². The number of hydrogen-bond donors (Lipinski definition) is 6. The molecule has 0 saturated carbocycles. The fourth-order valence-corrected chi connectivity index (χ4v) is 2.21. The van der Waals surface area contributed by atoms with Gasteiger partial charge in [-0.05, 0) is 30.0 Å². The molecule has 0 aromatic heterocycles. The minimum absolute atomic E-state index is 0.00659. The third-order valence-electron chi connectivity index (χ3n) is 3.83. The van der Waals surface area contributed by atoms with E-state index in [-0.39, 0.29) is 6.42 Å². The summed E-state index contributed by atoms with van der Waals surface area (Å²) in [6.07, 6.45) is -5.07. The summed E-state index contributed by atoms with van der Waals surface area (Å²) in [4.78, 5) is 0. The van der Waals surface area contributed by atoms with Gasteiger partial charge < -0.3 is 30.6 Å². The lowest BCUT2D eigenvalue weighted by atomic mass is 9.96. The number of benzene rings is 1.